The highest BCUT2D eigenvalue weighted by molar-refractivity contribution is 6.30. The van der Waals surface area contributed by atoms with Crippen molar-refractivity contribution in [3.63, 3.8) is 0 Å². The molecule has 0 aliphatic carbocycles. The normalized spacial score (nSPS) is 14.3. The Morgan fingerprint density at radius 3 is 3.06 bits per heavy atom. The van der Waals surface area contributed by atoms with E-state index < -0.39 is 0 Å². The van der Waals surface area contributed by atoms with Crippen LogP contribution in [0.3, 0.4) is 0 Å². The predicted octanol–water partition coefficient (Wildman–Crippen LogP) is 2.57. The summed E-state index contributed by atoms with van der Waals surface area (Å²) in [6.07, 6.45) is 4.31. The molecule has 18 heavy (non-hydrogen) atoms. The summed E-state index contributed by atoms with van der Waals surface area (Å²) < 4.78 is 5.37. The number of aromatic nitrogens is 3. The first kappa shape index (κ1) is 11.6. The smallest absolute Gasteiger partial charge is 0.162 e. The fourth-order valence-electron chi connectivity index (χ4n) is 2.01. The number of ether oxygens (including phenoxy) is 1. The van der Waals surface area contributed by atoms with Crippen LogP contribution in [0.1, 0.15) is 16.8 Å². The predicted molar refractivity (Wildman–Crippen MR) is 68.4 cm³/mol. The van der Waals surface area contributed by atoms with Crippen molar-refractivity contribution < 1.29 is 4.74 Å². The molecule has 1 aliphatic rings. The molecule has 0 bridgehead atoms. The third-order valence-corrected chi connectivity index (χ3v) is 3.36. The molecule has 0 spiro atoms. The molecule has 4 nitrogen and oxygen atoms in total. The second-order valence-electron chi connectivity index (χ2n) is 4.26. The van der Waals surface area contributed by atoms with Crippen LogP contribution >= 0.6 is 11.6 Å². The molecule has 3 rings (SSSR count). The minimum atomic E-state index is 0.484. The third-order valence-electron chi connectivity index (χ3n) is 3.05. The lowest BCUT2D eigenvalue weighted by Gasteiger charge is -2.17. The van der Waals surface area contributed by atoms with Crippen molar-refractivity contribution >= 4 is 11.6 Å². The number of aryl methyl sites for hydroxylation is 1. The van der Waals surface area contributed by atoms with Crippen LogP contribution < -0.4 is 0 Å². The van der Waals surface area contributed by atoms with E-state index in [-0.39, 0.29) is 0 Å². The summed E-state index contributed by atoms with van der Waals surface area (Å²) in [5.74, 6) is 0.645. The van der Waals surface area contributed by atoms with Gasteiger partial charge in [0.2, 0.25) is 0 Å². The number of pyridine rings is 1. The Bertz CT molecular complexity index is 601. The van der Waals surface area contributed by atoms with Gasteiger partial charge in [-0.05, 0) is 18.6 Å². The lowest BCUT2D eigenvalue weighted by atomic mass is 10.1. The molecule has 0 saturated heterocycles. The summed E-state index contributed by atoms with van der Waals surface area (Å²) in [5.41, 5.74) is 3.91. The molecule has 2 aromatic rings. The quantitative estimate of drug-likeness (QED) is 0.741. The van der Waals surface area contributed by atoms with Gasteiger partial charge in [0, 0.05) is 29.9 Å². The zero-order valence-corrected chi connectivity index (χ0v) is 10.7. The number of hydrogen-bond donors (Lipinski definition) is 0. The Hall–Kier alpha value is -1.52. The van der Waals surface area contributed by atoms with Gasteiger partial charge in [-0.15, -0.1) is 0 Å². The maximum atomic E-state index is 6.20. The van der Waals surface area contributed by atoms with Crippen LogP contribution in [0.4, 0.5) is 0 Å². The monoisotopic (exact) mass is 261 g/mol. The summed E-state index contributed by atoms with van der Waals surface area (Å²) in [6.45, 7) is 3.20. The van der Waals surface area contributed by atoms with Gasteiger partial charge in [0.15, 0.2) is 5.82 Å². The third kappa shape index (κ3) is 1.98. The Morgan fingerprint density at radius 2 is 2.22 bits per heavy atom. The van der Waals surface area contributed by atoms with Crippen LogP contribution in [0.15, 0.2) is 18.5 Å². The van der Waals surface area contributed by atoms with E-state index in [4.69, 9.17) is 16.3 Å². The van der Waals surface area contributed by atoms with Gasteiger partial charge in [-0.1, -0.05) is 11.6 Å². The average molecular weight is 262 g/mol. The van der Waals surface area contributed by atoms with Crippen LogP contribution in [0.5, 0.6) is 0 Å². The van der Waals surface area contributed by atoms with E-state index in [0.717, 1.165) is 28.8 Å². The minimum absolute atomic E-state index is 0.484. The van der Waals surface area contributed by atoms with Crippen molar-refractivity contribution in [2.45, 2.75) is 20.0 Å². The van der Waals surface area contributed by atoms with Crippen molar-refractivity contribution in [3.05, 3.63) is 40.4 Å². The first-order valence-corrected chi connectivity index (χ1v) is 6.17. The molecular formula is C13H12ClN3O. The van der Waals surface area contributed by atoms with Crippen molar-refractivity contribution in [1.29, 1.82) is 0 Å². The first-order valence-electron chi connectivity index (χ1n) is 5.79. The van der Waals surface area contributed by atoms with E-state index in [1.807, 2.05) is 13.0 Å². The first-order chi connectivity index (χ1) is 8.75. The van der Waals surface area contributed by atoms with Gasteiger partial charge >= 0.3 is 0 Å². The van der Waals surface area contributed by atoms with Crippen LogP contribution in [0, 0.1) is 6.92 Å². The summed E-state index contributed by atoms with van der Waals surface area (Å²) >= 11 is 6.20. The SMILES string of the molecule is Cc1ccncc1-c1nc(Cl)c2c(n1)CCOC2. The van der Waals surface area contributed by atoms with Crippen molar-refractivity contribution in [3.8, 4) is 11.4 Å². The molecular weight excluding hydrogens is 250 g/mol. The summed E-state index contributed by atoms with van der Waals surface area (Å²) in [4.78, 5) is 13.1. The molecule has 0 atom stereocenters. The van der Waals surface area contributed by atoms with Gasteiger partial charge < -0.3 is 4.74 Å². The van der Waals surface area contributed by atoms with E-state index in [1.165, 1.54) is 0 Å². The molecule has 0 unspecified atom stereocenters. The summed E-state index contributed by atoms with van der Waals surface area (Å²) in [7, 11) is 0. The molecule has 0 aromatic carbocycles. The van der Waals surface area contributed by atoms with Crippen LogP contribution in [0.2, 0.25) is 5.15 Å². The highest BCUT2D eigenvalue weighted by Crippen LogP contribution is 2.26. The molecule has 1 aliphatic heterocycles. The van der Waals surface area contributed by atoms with E-state index in [0.29, 0.717) is 24.2 Å². The van der Waals surface area contributed by atoms with Gasteiger partial charge in [0.25, 0.3) is 0 Å². The lowest BCUT2D eigenvalue weighted by Crippen LogP contribution is -2.14. The largest absolute Gasteiger partial charge is 0.376 e. The zero-order chi connectivity index (χ0) is 12.5. The topological polar surface area (TPSA) is 47.9 Å². The van der Waals surface area contributed by atoms with Gasteiger partial charge in [-0.2, -0.15) is 0 Å². The van der Waals surface area contributed by atoms with Gasteiger partial charge in [0.1, 0.15) is 5.15 Å². The molecule has 3 heterocycles. The van der Waals surface area contributed by atoms with E-state index in [9.17, 15) is 0 Å². The Labute approximate surface area is 110 Å². The minimum Gasteiger partial charge on any atom is -0.376 e. The maximum absolute atomic E-state index is 6.20. The van der Waals surface area contributed by atoms with Crippen LogP contribution in [-0.2, 0) is 17.8 Å². The van der Waals surface area contributed by atoms with Crippen molar-refractivity contribution in [2.24, 2.45) is 0 Å². The average Bonchev–Trinajstić information content (AvgIpc) is 2.39. The number of hydrogen-bond acceptors (Lipinski definition) is 4. The second-order valence-corrected chi connectivity index (χ2v) is 4.61. The van der Waals surface area contributed by atoms with Gasteiger partial charge in [0.05, 0.1) is 18.9 Å². The standard InChI is InChI=1S/C13H12ClN3O/c1-8-2-4-15-6-9(8)13-16-11-3-5-18-7-10(11)12(14)17-13/h2,4,6H,3,5,7H2,1H3. The number of rotatable bonds is 1. The number of fused-ring (bicyclic) bond motifs is 1. The highest BCUT2D eigenvalue weighted by Gasteiger charge is 2.18. The van der Waals surface area contributed by atoms with E-state index >= 15 is 0 Å². The molecule has 5 heteroatoms. The molecule has 0 amide bonds. The number of halogens is 1. The van der Waals surface area contributed by atoms with E-state index in [2.05, 4.69) is 15.0 Å². The summed E-state index contributed by atoms with van der Waals surface area (Å²) in [5, 5.41) is 0.484. The Kier molecular flexibility index (Phi) is 2.97. The molecule has 2 aromatic heterocycles. The van der Waals surface area contributed by atoms with Gasteiger partial charge in [-0.3, -0.25) is 4.98 Å². The Morgan fingerprint density at radius 1 is 1.33 bits per heavy atom. The molecule has 0 radical (unpaired) electrons. The molecule has 0 fully saturated rings. The van der Waals surface area contributed by atoms with Gasteiger partial charge in [-0.25, -0.2) is 9.97 Å². The second kappa shape index (κ2) is 4.63. The van der Waals surface area contributed by atoms with Crippen molar-refractivity contribution in [2.75, 3.05) is 6.61 Å². The van der Waals surface area contributed by atoms with Crippen LogP contribution in [-0.4, -0.2) is 21.6 Å². The lowest BCUT2D eigenvalue weighted by molar-refractivity contribution is 0.109. The van der Waals surface area contributed by atoms with Crippen LogP contribution in [0.25, 0.3) is 11.4 Å². The zero-order valence-electron chi connectivity index (χ0n) is 9.98. The molecule has 0 N–H and O–H groups in total. The Balaban J connectivity index is 2.14. The number of nitrogens with zero attached hydrogens (tertiary/aromatic N) is 3. The summed E-state index contributed by atoms with van der Waals surface area (Å²) in [6, 6.07) is 1.94. The van der Waals surface area contributed by atoms with E-state index in [1.54, 1.807) is 12.4 Å². The fraction of sp³-hybridized carbons (Fsp3) is 0.308. The fourth-order valence-corrected chi connectivity index (χ4v) is 2.25. The maximum Gasteiger partial charge on any atom is 0.162 e. The molecule has 0 saturated carbocycles. The molecule has 92 valence electrons. The highest BCUT2D eigenvalue weighted by atomic mass is 35.5. The van der Waals surface area contributed by atoms with Crippen molar-refractivity contribution in [1.82, 2.24) is 15.0 Å².